The molecule has 0 fully saturated rings. The van der Waals surface area contributed by atoms with Gasteiger partial charge >= 0.3 is 0 Å². The molecule has 2 N–H and O–H groups in total. The minimum atomic E-state index is 0.755. The van der Waals surface area contributed by atoms with Crippen molar-refractivity contribution >= 4 is 14.9 Å². The average Bonchev–Trinajstić information content (AvgIpc) is 1.88. The first-order valence-corrected chi connectivity index (χ1v) is 3.48. The molecule has 0 aliphatic rings. The van der Waals surface area contributed by atoms with Gasteiger partial charge in [-0.3, -0.25) is 0 Å². The van der Waals surface area contributed by atoms with E-state index in [1.54, 1.807) is 0 Å². The van der Waals surface area contributed by atoms with Crippen LogP contribution in [-0.4, -0.2) is 0 Å². The molecule has 0 heterocycles. The Hall–Kier alpha value is -0.990. The average molecular weight is 149 g/mol. The maximum Gasteiger partial charge on any atom is 0.0326 e. The van der Waals surface area contributed by atoms with Crippen molar-refractivity contribution in [1.29, 1.82) is 0 Å². The molecule has 0 aliphatic heterocycles. The molecule has 1 aromatic carbocycles. The van der Waals surface area contributed by atoms with Gasteiger partial charge in [0.05, 0.1) is 0 Å². The minimum absolute atomic E-state index is 0.755. The molecule has 1 atom stereocenters. The van der Waals surface area contributed by atoms with Crippen LogP contribution in [0.2, 0.25) is 0 Å². The molecule has 0 amide bonds. The molecule has 2 heteroatoms. The SMILES string of the molecule is Nc1cccc(C#CP)c1. The molecular formula is C8H8NP. The predicted molar refractivity (Wildman–Crippen MR) is 47.4 cm³/mol. The molecule has 0 saturated carbocycles. The fraction of sp³-hybridized carbons (Fsp3) is 0. The zero-order valence-electron chi connectivity index (χ0n) is 5.46. The summed E-state index contributed by atoms with van der Waals surface area (Å²) in [5, 5.41) is 0. The standard InChI is InChI=1S/C8H8NP/c9-8-3-1-2-7(6-8)4-5-10/h1-3,6H,9-10H2. The highest BCUT2D eigenvalue weighted by atomic mass is 31.0. The van der Waals surface area contributed by atoms with Crippen molar-refractivity contribution in [3.05, 3.63) is 29.8 Å². The Balaban J connectivity index is 3.03. The van der Waals surface area contributed by atoms with Crippen molar-refractivity contribution in [2.24, 2.45) is 0 Å². The Morgan fingerprint density at radius 3 is 2.80 bits per heavy atom. The highest BCUT2D eigenvalue weighted by molar-refractivity contribution is 7.23. The third-order valence-electron chi connectivity index (χ3n) is 1.10. The second-order valence-electron chi connectivity index (χ2n) is 1.89. The largest absolute Gasteiger partial charge is 0.399 e. The summed E-state index contributed by atoms with van der Waals surface area (Å²) in [6.45, 7) is 0. The molecule has 1 rings (SSSR count). The lowest BCUT2D eigenvalue weighted by Crippen LogP contribution is -1.83. The summed E-state index contributed by atoms with van der Waals surface area (Å²) in [6, 6.07) is 7.50. The normalized spacial score (nSPS) is 8.10. The fourth-order valence-electron chi connectivity index (χ4n) is 0.700. The van der Waals surface area contributed by atoms with Crippen LogP contribution in [0.4, 0.5) is 5.69 Å². The van der Waals surface area contributed by atoms with Gasteiger partial charge < -0.3 is 5.73 Å². The van der Waals surface area contributed by atoms with Gasteiger partial charge in [0.2, 0.25) is 0 Å². The molecule has 0 bridgehead atoms. The fourth-order valence-corrected chi connectivity index (χ4v) is 0.866. The number of benzene rings is 1. The molecule has 50 valence electrons. The first-order valence-electron chi connectivity index (χ1n) is 2.90. The summed E-state index contributed by atoms with van der Waals surface area (Å²) in [5.74, 6) is 2.88. The van der Waals surface area contributed by atoms with Crippen molar-refractivity contribution < 1.29 is 0 Å². The van der Waals surface area contributed by atoms with E-state index in [-0.39, 0.29) is 0 Å². The quantitative estimate of drug-likeness (QED) is 0.337. The molecule has 10 heavy (non-hydrogen) atoms. The van der Waals surface area contributed by atoms with Gasteiger partial charge in [0.25, 0.3) is 0 Å². The van der Waals surface area contributed by atoms with E-state index in [4.69, 9.17) is 5.73 Å². The summed E-state index contributed by atoms with van der Waals surface area (Å²) >= 11 is 0. The van der Waals surface area contributed by atoms with Crippen molar-refractivity contribution in [3.63, 3.8) is 0 Å². The number of hydrogen-bond donors (Lipinski definition) is 1. The lowest BCUT2D eigenvalue weighted by molar-refractivity contribution is 1.64. The molecule has 0 aromatic heterocycles. The first kappa shape index (κ1) is 7.12. The lowest BCUT2D eigenvalue weighted by atomic mass is 10.2. The maximum atomic E-state index is 5.51. The number of anilines is 1. The summed E-state index contributed by atoms with van der Waals surface area (Å²) in [4.78, 5) is 0. The van der Waals surface area contributed by atoms with Gasteiger partial charge in [0.1, 0.15) is 0 Å². The van der Waals surface area contributed by atoms with Crippen LogP contribution in [0.25, 0.3) is 0 Å². The van der Waals surface area contributed by atoms with Crippen LogP contribution in [-0.2, 0) is 0 Å². The molecular weight excluding hydrogens is 141 g/mol. The van der Waals surface area contributed by atoms with Gasteiger partial charge in [-0.1, -0.05) is 26.9 Å². The van der Waals surface area contributed by atoms with Gasteiger partial charge in [-0.05, 0) is 18.2 Å². The van der Waals surface area contributed by atoms with E-state index in [1.807, 2.05) is 24.3 Å². The Kier molecular flexibility index (Phi) is 2.31. The van der Waals surface area contributed by atoms with Crippen molar-refractivity contribution in [2.45, 2.75) is 0 Å². The van der Waals surface area contributed by atoms with Crippen LogP contribution in [0.1, 0.15) is 5.56 Å². The van der Waals surface area contributed by atoms with E-state index < -0.39 is 0 Å². The van der Waals surface area contributed by atoms with Crippen LogP contribution in [0.3, 0.4) is 0 Å². The lowest BCUT2D eigenvalue weighted by Gasteiger charge is -1.91. The second kappa shape index (κ2) is 3.25. The zero-order valence-corrected chi connectivity index (χ0v) is 6.62. The van der Waals surface area contributed by atoms with Gasteiger partial charge in [-0.25, -0.2) is 0 Å². The van der Waals surface area contributed by atoms with Crippen LogP contribution in [0, 0.1) is 11.6 Å². The van der Waals surface area contributed by atoms with E-state index >= 15 is 0 Å². The van der Waals surface area contributed by atoms with E-state index in [0.717, 1.165) is 11.3 Å². The van der Waals surface area contributed by atoms with Gasteiger partial charge in [-0.15, -0.1) is 0 Å². The maximum absolute atomic E-state index is 5.51. The van der Waals surface area contributed by atoms with Crippen molar-refractivity contribution in [1.82, 2.24) is 0 Å². The Bertz CT molecular complexity index is 283. The van der Waals surface area contributed by atoms with Crippen LogP contribution in [0.5, 0.6) is 0 Å². The zero-order chi connectivity index (χ0) is 7.40. The predicted octanol–water partition coefficient (Wildman–Crippen LogP) is 1.45. The smallest absolute Gasteiger partial charge is 0.0326 e. The molecule has 1 unspecified atom stereocenters. The topological polar surface area (TPSA) is 26.0 Å². The summed E-state index contributed by atoms with van der Waals surface area (Å²) in [7, 11) is 2.34. The van der Waals surface area contributed by atoms with E-state index in [9.17, 15) is 0 Å². The highest BCUT2D eigenvalue weighted by Gasteiger charge is 1.85. The van der Waals surface area contributed by atoms with Gasteiger partial charge in [-0.2, -0.15) is 0 Å². The van der Waals surface area contributed by atoms with Crippen LogP contribution >= 0.6 is 9.24 Å². The van der Waals surface area contributed by atoms with Gasteiger partial charge in [0, 0.05) is 11.3 Å². The molecule has 1 aromatic rings. The molecule has 0 saturated heterocycles. The Morgan fingerprint density at radius 1 is 1.40 bits per heavy atom. The molecule has 1 nitrogen and oxygen atoms in total. The first-order chi connectivity index (χ1) is 4.83. The Morgan fingerprint density at radius 2 is 2.20 bits per heavy atom. The summed E-state index contributed by atoms with van der Waals surface area (Å²) < 4.78 is 0. The molecule has 0 aliphatic carbocycles. The number of rotatable bonds is 0. The Labute approximate surface area is 62.8 Å². The van der Waals surface area contributed by atoms with Crippen LogP contribution < -0.4 is 5.73 Å². The van der Waals surface area contributed by atoms with Crippen molar-refractivity contribution in [3.8, 4) is 11.6 Å². The second-order valence-corrected chi connectivity index (χ2v) is 2.18. The molecule has 0 spiro atoms. The minimum Gasteiger partial charge on any atom is -0.399 e. The third-order valence-corrected chi connectivity index (χ3v) is 1.25. The van der Waals surface area contributed by atoms with E-state index in [0.29, 0.717) is 0 Å². The number of nitrogen functional groups attached to an aromatic ring is 1. The number of nitrogens with two attached hydrogens (primary N) is 1. The van der Waals surface area contributed by atoms with E-state index in [1.165, 1.54) is 0 Å². The van der Waals surface area contributed by atoms with Crippen molar-refractivity contribution in [2.75, 3.05) is 5.73 Å². The van der Waals surface area contributed by atoms with Gasteiger partial charge in [0.15, 0.2) is 0 Å². The van der Waals surface area contributed by atoms with Crippen LogP contribution in [0.15, 0.2) is 24.3 Å². The highest BCUT2D eigenvalue weighted by Crippen LogP contribution is 2.04. The third kappa shape index (κ3) is 1.76. The van der Waals surface area contributed by atoms with E-state index in [2.05, 4.69) is 20.8 Å². The monoisotopic (exact) mass is 149 g/mol. The molecule has 0 radical (unpaired) electrons. The number of hydrogen-bond acceptors (Lipinski definition) is 1. The summed E-state index contributed by atoms with van der Waals surface area (Å²) in [6.07, 6.45) is 0. The summed E-state index contributed by atoms with van der Waals surface area (Å²) in [5.41, 5.74) is 9.95.